The SMILES string of the molecule is CCCCCCCCCCCCCCCCCC(=O)O[C@H](COC(=O)CCCCCCCCCCCCCCC)CO[C@H]1O[C@H](CO)[C@@H](O)[C@H](O)[C@H]1O. The Balaban J connectivity index is 2.32. The van der Waals surface area contributed by atoms with Gasteiger partial charge >= 0.3 is 11.9 Å². The molecule has 10 heteroatoms. The fourth-order valence-electron chi connectivity index (χ4n) is 6.95. The Bertz CT molecular complexity index is 840. The van der Waals surface area contributed by atoms with E-state index < -0.39 is 49.4 Å². The highest BCUT2D eigenvalue weighted by Gasteiger charge is 2.44. The third-order valence-corrected chi connectivity index (χ3v) is 10.5. The van der Waals surface area contributed by atoms with E-state index >= 15 is 0 Å². The molecule has 0 aromatic carbocycles. The Morgan fingerprint density at radius 2 is 0.887 bits per heavy atom. The molecule has 1 rings (SSSR count). The smallest absolute Gasteiger partial charge is 0.306 e. The van der Waals surface area contributed by atoms with Crippen LogP contribution in [0.15, 0.2) is 0 Å². The predicted octanol–water partition coefficient (Wildman–Crippen LogP) is 9.00. The minimum Gasteiger partial charge on any atom is -0.462 e. The van der Waals surface area contributed by atoms with Crippen LogP contribution in [0, 0.1) is 0 Å². The van der Waals surface area contributed by atoms with Crippen LogP contribution in [0.5, 0.6) is 0 Å². The first-order valence-electron chi connectivity index (χ1n) is 22.1. The standard InChI is InChI=1S/C43H82O10/c1-3-5-7-9-11-13-15-17-18-20-22-24-26-28-30-32-39(46)52-36(35-51-43-42(49)41(48)40(47)37(33-44)53-43)34-50-38(45)31-29-27-25-23-21-19-16-14-12-10-8-6-4-2/h36-37,40-44,47-49H,3-35H2,1-2H3/t36-,37-,40-,41+,42-,43+/m1/s1. The minimum absolute atomic E-state index is 0.209. The van der Waals surface area contributed by atoms with Crippen molar-refractivity contribution in [2.45, 2.75) is 243 Å². The van der Waals surface area contributed by atoms with Gasteiger partial charge in [-0.05, 0) is 12.8 Å². The summed E-state index contributed by atoms with van der Waals surface area (Å²) in [5, 5.41) is 40.0. The average molecular weight is 759 g/mol. The molecule has 1 saturated heterocycles. The highest BCUT2D eigenvalue weighted by molar-refractivity contribution is 5.70. The molecule has 0 bridgehead atoms. The Morgan fingerprint density at radius 1 is 0.509 bits per heavy atom. The van der Waals surface area contributed by atoms with Crippen molar-refractivity contribution in [2.75, 3.05) is 19.8 Å². The molecule has 1 aliphatic heterocycles. The van der Waals surface area contributed by atoms with Gasteiger partial charge in [0, 0.05) is 12.8 Å². The fraction of sp³-hybridized carbons (Fsp3) is 0.953. The van der Waals surface area contributed by atoms with Crippen LogP contribution in [0.1, 0.15) is 206 Å². The lowest BCUT2D eigenvalue weighted by atomic mass is 9.99. The molecule has 0 saturated carbocycles. The Labute approximate surface area is 323 Å². The molecule has 0 aromatic heterocycles. The van der Waals surface area contributed by atoms with Gasteiger partial charge in [0.25, 0.3) is 0 Å². The van der Waals surface area contributed by atoms with E-state index in [1.807, 2.05) is 0 Å². The first-order chi connectivity index (χ1) is 25.8. The number of aliphatic hydroxyl groups is 4. The number of unbranched alkanes of at least 4 members (excludes halogenated alkanes) is 26. The van der Waals surface area contributed by atoms with Crippen LogP contribution in [0.25, 0.3) is 0 Å². The lowest BCUT2D eigenvalue weighted by Crippen LogP contribution is -2.59. The van der Waals surface area contributed by atoms with Gasteiger partial charge < -0.3 is 39.4 Å². The molecule has 1 heterocycles. The molecule has 0 aromatic rings. The summed E-state index contributed by atoms with van der Waals surface area (Å²) in [7, 11) is 0. The van der Waals surface area contributed by atoms with E-state index in [4.69, 9.17) is 18.9 Å². The number of ether oxygens (including phenoxy) is 4. The summed E-state index contributed by atoms with van der Waals surface area (Å²) in [6, 6.07) is 0. The largest absolute Gasteiger partial charge is 0.462 e. The van der Waals surface area contributed by atoms with E-state index in [0.29, 0.717) is 6.42 Å². The highest BCUT2D eigenvalue weighted by atomic mass is 16.7. The molecule has 0 amide bonds. The Hall–Kier alpha value is -1.30. The van der Waals surface area contributed by atoms with Gasteiger partial charge in [-0.3, -0.25) is 9.59 Å². The molecule has 0 unspecified atom stereocenters. The van der Waals surface area contributed by atoms with Crippen LogP contribution in [0.2, 0.25) is 0 Å². The van der Waals surface area contributed by atoms with E-state index in [2.05, 4.69) is 13.8 Å². The maximum absolute atomic E-state index is 12.7. The molecule has 0 spiro atoms. The lowest BCUT2D eigenvalue weighted by Gasteiger charge is -2.39. The van der Waals surface area contributed by atoms with Gasteiger partial charge in [0.1, 0.15) is 31.0 Å². The first kappa shape index (κ1) is 49.7. The maximum Gasteiger partial charge on any atom is 0.306 e. The monoisotopic (exact) mass is 759 g/mol. The van der Waals surface area contributed by atoms with Crippen LogP contribution in [0.3, 0.4) is 0 Å². The van der Waals surface area contributed by atoms with Gasteiger partial charge in [-0.15, -0.1) is 0 Å². The number of carbonyl (C=O) groups is 2. The third-order valence-electron chi connectivity index (χ3n) is 10.5. The number of hydrogen-bond donors (Lipinski definition) is 4. The molecule has 1 fully saturated rings. The molecule has 53 heavy (non-hydrogen) atoms. The van der Waals surface area contributed by atoms with Crippen LogP contribution >= 0.6 is 0 Å². The van der Waals surface area contributed by atoms with Crippen LogP contribution in [-0.2, 0) is 28.5 Å². The van der Waals surface area contributed by atoms with Gasteiger partial charge in [-0.25, -0.2) is 0 Å². The number of esters is 2. The summed E-state index contributed by atoms with van der Waals surface area (Å²) in [6.07, 6.45) is 26.8. The van der Waals surface area contributed by atoms with E-state index in [9.17, 15) is 30.0 Å². The van der Waals surface area contributed by atoms with Gasteiger partial charge in [0.05, 0.1) is 13.2 Å². The first-order valence-corrected chi connectivity index (χ1v) is 22.1. The zero-order valence-electron chi connectivity index (χ0n) is 34.0. The molecule has 1 aliphatic rings. The number of carbonyl (C=O) groups excluding carboxylic acids is 2. The van der Waals surface area contributed by atoms with Crippen molar-refractivity contribution in [3.05, 3.63) is 0 Å². The minimum atomic E-state index is -1.59. The van der Waals surface area contributed by atoms with Crippen molar-refractivity contribution in [3.63, 3.8) is 0 Å². The summed E-state index contributed by atoms with van der Waals surface area (Å²) >= 11 is 0. The van der Waals surface area contributed by atoms with Crippen molar-refractivity contribution >= 4 is 11.9 Å². The Morgan fingerprint density at radius 3 is 1.28 bits per heavy atom. The summed E-state index contributed by atoms with van der Waals surface area (Å²) in [5.74, 6) is -0.793. The van der Waals surface area contributed by atoms with E-state index in [1.165, 1.54) is 135 Å². The average Bonchev–Trinajstić information content (AvgIpc) is 3.15. The molecule has 10 nitrogen and oxygen atoms in total. The molecule has 4 N–H and O–H groups in total. The van der Waals surface area contributed by atoms with Crippen molar-refractivity contribution in [2.24, 2.45) is 0 Å². The molecule has 0 radical (unpaired) electrons. The van der Waals surface area contributed by atoms with Crippen LogP contribution in [-0.4, -0.2) is 89.0 Å². The van der Waals surface area contributed by atoms with Gasteiger partial charge in [-0.1, -0.05) is 181 Å². The summed E-state index contributed by atoms with van der Waals surface area (Å²) in [5.41, 5.74) is 0. The van der Waals surface area contributed by atoms with Gasteiger partial charge in [-0.2, -0.15) is 0 Å². The van der Waals surface area contributed by atoms with Crippen molar-refractivity contribution in [3.8, 4) is 0 Å². The van der Waals surface area contributed by atoms with Crippen LogP contribution < -0.4 is 0 Å². The second-order valence-corrected chi connectivity index (χ2v) is 15.5. The summed E-state index contributed by atoms with van der Waals surface area (Å²) < 4.78 is 22.1. The summed E-state index contributed by atoms with van der Waals surface area (Å²) in [6.45, 7) is 3.44. The topological polar surface area (TPSA) is 152 Å². The van der Waals surface area contributed by atoms with Crippen molar-refractivity contribution in [1.82, 2.24) is 0 Å². The maximum atomic E-state index is 12.7. The number of aliphatic hydroxyl groups excluding tert-OH is 4. The predicted molar refractivity (Wildman–Crippen MR) is 210 cm³/mol. The van der Waals surface area contributed by atoms with E-state index in [0.717, 1.165) is 38.5 Å². The van der Waals surface area contributed by atoms with Crippen molar-refractivity contribution < 1.29 is 49.0 Å². The fourth-order valence-corrected chi connectivity index (χ4v) is 6.95. The second-order valence-electron chi connectivity index (χ2n) is 15.5. The second kappa shape index (κ2) is 35.1. The normalized spacial score (nSPS) is 20.8. The zero-order valence-corrected chi connectivity index (χ0v) is 34.0. The number of hydrogen-bond acceptors (Lipinski definition) is 10. The lowest BCUT2D eigenvalue weighted by molar-refractivity contribution is -0.305. The third kappa shape index (κ3) is 27.0. The molecular formula is C43H82O10. The Kier molecular flexibility index (Phi) is 33.0. The molecule has 6 atom stereocenters. The molecular weight excluding hydrogens is 676 g/mol. The quantitative estimate of drug-likeness (QED) is 0.0357. The summed E-state index contributed by atoms with van der Waals surface area (Å²) in [4.78, 5) is 25.3. The van der Waals surface area contributed by atoms with Gasteiger partial charge in [0.2, 0.25) is 0 Å². The van der Waals surface area contributed by atoms with Gasteiger partial charge in [0.15, 0.2) is 12.4 Å². The molecule has 314 valence electrons. The highest BCUT2D eigenvalue weighted by Crippen LogP contribution is 2.23. The van der Waals surface area contributed by atoms with Crippen LogP contribution in [0.4, 0.5) is 0 Å². The van der Waals surface area contributed by atoms with E-state index in [1.54, 1.807) is 0 Å². The zero-order chi connectivity index (χ0) is 38.8. The van der Waals surface area contributed by atoms with Crippen molar-refractivity contribution in [1.29, 1.82) is 0 Å². The molecule has 0 aliphatic carbocycles. The van der Waals surface area contributed by atoms with E-state index in [-0.39, 0.29) is 32.0 Å². The number of rotatable bonds is 37.